The molecule has 4 nitrogen and oxygen atoms in total. The van der Waals surface area contributed by atoms with Gasteiger partial charge in [0.05, 0.1) is 18.3 Å². The molecule has 0 aromatic heterocycles. The van der Waals surface area contributed by atoms with Crippen LogP contribution in [0.2, 0.25) is 0 Å². The van der Waals surface area contributed by atoms with Gasteiger partial charge in [-0.05, 0) is 37.1 Å². The molecule has 0 bridgehead atoms. The molecule has 1 aliphatic rings. The average Bonchev–Trinajstić information content (AvgIpc) is 2.88. The van der Waals surface area contributed by atoms with Crippen LogP contribution < -0.4 is 5.32 Å². The van der Waals surface area contributed by atoms with Gasteiger partial charge in [-0.1, -0.05) is 12.8 Å². The lowest BCUT2D eigenvalue weighted by molar-refractivity contribution is 0.0658. The summed E-state index contributed by atoms with van der Waals surface area (Å²) in [6.45, 7) is 1.45. The van der Waals surface area contributed by atoms with Crippen molar-refractivity contribution in [1.29, 1.82) is 0 Å². The molecule has 0 atom stereocenters. The predicted octanol–water partition coefficient (Wildman–Crippen LogP) is 2.76. The van der Waals surface area contributed by atoms with Crippen LogP contribution >= 0.6 is 0 Å². The minimum absolute atomic E-state index is 0.308. The summed E-state index contributed by atoms with van der Waals surface area (Å²) in [7, 11) is 0. The summed E-state index contributed by atoms with van der Waals surface area (Å²) >= 11 is 0. The number of nitrogens with one attached hydrogen (secondary N) is 1. The highest BCUT2D eigenvalue weighted by molar-refractivity contribution is 5.87. The minimum atomic E-state index is -0.897. The van der Waals surface area contributed by atoms with Crippen molar-refractivity contribution in [3.05, 3.63) is 29.8 Å². The second-order valence-electron chi connectivity index (χ2n) is 4.59. The number of anilines is 1. The van der Waals surface area contributed by atoms with Crippen LogP contribution in [-0.2, 0) is 4.74 Å². The Morgan fingerprint density at radius 2 is 1.94 bits per heavy atom. The number of hydrogen-bond donors (Lipinski definition) is 2. The fourth-order valence-corrected chi connectivity index (χ4v) is 2.21. The Kier molecular flexibility index (Phi) is 4.59. The quantitative estimate of drug-likeness (QED) is 0.761. The Labute approximate surface area is 107 Å². The Hall–Kier alpha value is -1.55. The van der Waals surface area contributed by atoms with Crippen LogP contribution in [-0.4, -0.2) is 30.3 Å². The standard InChI is InChI=1S/C14H19NO3/c16-14(17)11-5-7-12(8-6-11)15-9-10-18-13-3-1-2-4-13/h5-8,13,15H,1-4,9-10H2,(H,16,17). The Morgan fingerprint density at radius 1 is 1.28 bits per heavy atom. The van der Waals surface area contributed by atoms with Gasteiger partial charge in [0, 0.05) is 12.2 Å². The van der Waals surface area contributed by atoms with E-state index < -0.39 is 5.97 Å². The molecule has 0 radical (unpaired) electrons. The first-order chi connectivity index (χ1) is 8.75. The number of hydrogen-bond acceptors (Lipinski definition) is 3. The highest BCUT2D eigenvalue weighted by Crippen LogP contribution is 2.20. The molecule has 4 heteroatoms. The van der Waals surface area contributed by atoms with Crippen molar-refractivity contribution in [3.8, 4) is 0 Å². The third-order valence-electron chi connectivity index (χ3n) is 3.22. The molecule has 0 heterocycles. The van der Waals surface area contributed by atoms with Crippen molar-refractivity contribution in [2.24, 2.45) is 0 Å². The molecule has 0 unspecified atom stereocenters. The SMILES string of the molecule is O=C(O)c1ccc(NCCOC2CCCC2)cc1. The third kappa shape index (κ3) is 3.74. The highest BCUT2D eigenvalue weighted by Gasteiger charge is 2.14. The number of carbonyl (C=O) groups is 1. The van der Waals surface area contributed by atoms with E-state index >= 15 is 0 Å². The molecular formula is C14H19NO3. The van der Waals surface area contributed by atoms with E-state index in [1.807, 2.05) is 0 Å². The number of ether oxygens (including phenoxy) is 1. The summed E-state index contributed by atoms with van der Waals surface area (Å²) in [5.41, 5.74) is 1.23. The zero-order chi connectivity index (χ0) is 12.8. The summed E-state index contributed by atoms with van der Waals surface area (Å²) in [4.78, 5) is 10.7. The maximum atomic E-state index is 10.7. The van der Waals surface area contributed by atoms with Gasteiger partial charge in [0.15, 0.2) is 0 Å². The Morgan fingerprint density at radius 3 is 2.56 bits per heavy atom. The molecule has 1 fully saturated rings. The summed E-state index contributed by atoms with van der Waals surface area (Å²) < 4.78 is 5.73. The second kappa shape index (κ2) is 6.40. The van der Waals surface area contributed by atoms with Crippen LogP contribution in [0, 0.1) is 0 Å². The van der Waals surface area contributed by atoms with Gasteiger partial charge in [-0.25, -0.2) is 4.79 Å². The van der Waals surface area contributed by atoms with Crippen molar-refractivity contribution in [1.82, 2.24) is 0 Å². The van der Waals surface area contributed by atoms with Crippen LogP contribution in [0.4, 0.5) is 5.69 Å². The Bertz CT molecular complexity index is 383. The van der Waals surface area contributed by atoms with E-state index in [9.17, 15) is 4.79 Å². The van der Waals surface area contributed by atoms with E-state index in [1.54, 1.807) is 24.3 Å². The first-order valence-electron chi connectivity index (χ1n) is 6.44. The molecule has 1 saturated carbocycles. The van der Waals surface area contributed by atoms with Gasteiger partial charge >= 0.3 is 5.97 Å². The molecular weight excluding hydrogens is 230 g/mol. The van der Waals surface area contributed by atoms with Crippen LogP contribution in [0.3, 0.4) is 0 Å². The monoisotopic (exact) mass is 249 g/mol. The summed E-state index contributed by atoms with van der Waals surface area (Å²) in [6.07, 6.45) is 5.39. The van der Waals surface area contributed by atoms with Crippen molar-refractivity contribution in [2.75, 3.05) is 18.5 Å². The predicted molar refractivity (Wildman–Crippen MR) is 70.1 cm³/mol. The maximum absolute atomic E-state index is 10.7. The molecule has 0 spiro atoms. The molecule has 1 aromatic carbocycles. The number of carboxylic acids is 1. The molecule has 98 valence electrons. The van der Waals surface area contributed by atoms with E-state index in [2.05, 4.69) is 5.32 Å². The number of rotatable bonds is 6. The van der Waals surface area contributed by atoms with Gasteiger partial charge in [0.2, 0.25) is 0 Å². The van der Waals surface area contributed by atoms with Crippen LogP contribution in [0.1, 0.15) is 36.0 Å². The van der Waals surface area contributed by atoms with Crippen molar-refractivity contribution in [2.45, 2.75) is 31.8 Å². The van der Waals surface area contributed by atoms with Crippen molar-refractivity contribution < 1.29 is 14.6 Å². The summed E-state index contributed by atoms with van der Waals surface area (Å²) in [5.74, 6) is -0.897. The van der Waals surface area contributed by atoms with Gasteiger partial charge in [-0.3, -0.25) is 0 Å². The average molecular weight is 249 g/mol. The number of aromatic carboxylic acids is 1. The lowest BCUT2D eigenvalue weighted by atomic mass is 10.2. The molecule has 2 N–H and O–H groups in total. The molecule has 1 aromatic rings. The van der Waals surface area contributed by atoms with Gasteiger partial charge in [0.1, 0.15) is 0 Å². The first-order valence-corrected chi connectivity index (χ1v) is 6.44. The van der Waals surface area contributed by atoms with Crippen LogP contribution in [0.15, 0.2) is 24.3 Å². The molecule has 1 aliphatic carbocycles. The Balaban J connectivity index is 1.68. The van der Waals surface area contributed by atoms with E-state index in [4.69, 9.17) is 9.84 Å². The maximum Gasteiger partial charge on any atom is 0.335 e. The molecule has 18 heavy (non-hydrogen) atoms. The van der Waals surface area contributed by atoms with Gasteiger partial charge < -0.3 is 15.2 Å². The molecule has 0 saturated heterocycles. The number of carboxylic acid groups (broad SMARTS) is 1. The van der Waals surface area contributed by atoms with Crippen LogP contribution in [0.5, 0.6) is 0 Å². The topological polar surface area (TPSA) is 58.6 Å². The number of benzene rings is 1. The fraction of sp³-hybridized carbons (Fsp3) is 0.500. The van der Waals surface area contributed by atoms with E-state index in [0.717, 1.165) is 12.2 Å². The second-order valence-corrected chi connectivity index (χ2v) is 4.59. The molecule has 2 rings (SSSR count). The van der Waals surface area contributed by atoms with E-state index in [1.165, 1.54) is 25.7 Å². The minimum Gasteiger partial charge on any atom is -0.478 e. The summed E-state index contributed by atoms with van der Waals surface area (Å²) in [5, 5.41) is 12.0. The largest absolute Gasteiger partial charge is 0.478 e. The smallest absolute Gasteiger partial charge is 0.335 e. The van der Waals surface area contributed by atoms with E-state index in [0.29, 0.717) is 18.3 Å². The molecule has 0 aliphatic heterocycles. The van der Waals surface area contributed by atoms with E-state index in [-0.39, 0.29) is 0 Å². The van der Waals surface area contributed by atoms with Gasteiger partial charge in [0.25, 0.3) is 0 Å². The normalized spacial score (nSPS) is 15.8. The highest BCUT2D eigenvalue weighted by atomic mass is 16.5. The fourth-order valence-electron chi connectivity index (χ4n) is 2.21. The summed E-state index contributed by atoms with van der Waals surface area (Å²) in [6, 6.07) is 6.75. The third-order valence-corrected chi connectivity index (χ3v) is 3.22. The lowest BCUT2D eigenvalue weighted by Crippen LogP contribution is -2.15. The lowest BCUT2D eigenvalue weighted by Gasteiger charge is -2.12. The van der Waals surface area contributed by atoms with Crippen molar-refractivity contribution >= 4 is 11.7 Å². The van der Waals surface area contributed by atoms with Crippen LogP contribution in [0.25, 0.3) is 0 Å². The van der Waals surface area contributed by atoms with Crippen molar-refractivity contribution in [3.63, 3.8) is 0 Å². The molecule has 0 amide bonds. The van der Waals surface area contributed by atoms with Gasteiger partial charge in [-0.15, -0.1) is 0 Å². The first kappa shape index (κ1) is 12.9. The van der Waals surface area contributed by atoms with Gasteiger partial charge in [-0.2, -0.15) is 0 Å². The zero-order valence-corrected chi connectivity index (χ0v) is 10.4. The zero-order valence-electron chi connectivity index (χ0n) is 10.4.